The van der Waals surface area contributed by atoms with Crippen molar-refractivity contribution in [1.82, 2.24) is 15.1 Å². The second kappa shape index (κ2) is 6.34. The molecule has 3 rings (SSSR count). The van der Waals surface area contributed by atoms with Crippen molar-refractivity contribution in [2.45, 2.75) is 26.3 Å². The number of benzene rings is 1. The SMILES string of the molecule is CC(C)c1nnc(C(=O)N2CCOc3ccc(Br)cc3C2)s1. The summed E-state index contributed by atoms with van der Waals surface area (Å²) in [5, 5.41) is 9.47. The van der Waals surface area contributed by atoms with E-state index in [1.165, 1.54) is 11.3 Å². The Balaban J connectivity index is 1.83. The lowest BCUT2D eigenvalue weighted by atomic mass is 10.2. The summed E-state index contributed by atoms with van der Waals surface area (Å²) in [5.41, 5.74) is 0.994. The van der Waals surface area contributed by atoms with Crippen molar-refractivity contribution in [3.8, 4) is 5.75 Å². The first-order valence-corrected chi connectivity index (χ1v) is 8.69. The monoisotopic (exact) mass is 381 g/mol. The van der Waals surface area contributed by atoms with E-state index in [1.54, 1.807) is 4.90 Å². The van der Waals surface area contributed by atoms with Crippen LogP contribution in [0.5, 0.6) is 5.75 Å². The van der Waals surface area contributed by atoms with Gasteiger partial charge in [0.1, 0.15) is 17.4 Å². The Kier molecular flexibility index (Phi) is 4.44. The second-order valence-electron chi connectivity index (χ2n) is 5.43. The molecule has 0 radical (unpaired) electrons. The normalized spacial score (nSPS) is 14.5. The van der Waals surface area contributed by atoms with Crippen molar-refractivity contribution >= 4 is 33.2 Å². The van der Waals surface area contributed by atoms with Gasteiger partial charge in [0.2, 0.25) is 5.01 Å². The highest BCUT2D eigenvalue weighted by molar-refractivity contribution is 9.10. The average molecular weight is 382 g/mol. The molecular weight excluding hydrogens is 366 g/mol. The number of rotatable bonds is 2. The van der Waals surface area contributed by atoms with E-state index in [0.29, 0.717) is 24.7 Å². The summed E-state index contributed by atoms with van der Waals surface area (Å²) in [6.07, 6.45) is 0. The molecule has 7 heteroatoms. The third kappa shape index (κ3) is 3.15. The number of halogens is 1. The van der Waals surface area contributed by atoms with Gasteiger partial charge in [0.15, 0.2) is 0 Å². The number of fused-ring (bicyclic) bond motifs is 1. The predicted molar refractivity (Wildman–Crippen MR) is 88.4 cm³/mol. The van der Waals surface area contributed by atoms with Gasteiger partial charge in [-0.15, -0.1) is 10.2 Å². The molecule has 116 valence electrons. The van der Waals surface area contributed by atoms with Crippen LogP contribution in [0.3, 0.4) is 0 Å². The Morgan fingerprint density at radius 1 is 1.41 bits per heavy atom. The number of carbonyl (C=O) groups excluding carboxylic acids is 1. The minimum atomic E-state index is -0.0826. The van der Waals surface area contributed by atoms with Crippen LogP contribution in [0.1, 0.15) is 40.1 Å². The van der Waals surface area contributed by atoms with Gasteiger partial charge in [0, 0.05) is 22.5 Å². The van der Waals surface area contributed by atoms with Crippen LogP contribution < -0.4 is 4.74 Å². The Hall–Kier alpha value is -1.47. The molecule has 0 atom stereocenters. The summed E-state index contributed by atoms with van der Waals surface area (Å²) in [4.78, 5) is 14.4. The van der Waals surface area contributed by atoms with Gasteiger partial charge >= 0.3 is 0 Å². The van der Waals surface area contributed by atoms with E-state index in [0.717, 1.165) is 20.8 Å². The molecule has 0 saturated carbocycles. The van der Waals surface area contributed by atoms with Crippen molar-refractivity contribution in [2.24, 2.45) is 0 Å². The van der Waals surface area contributed by atoms with Crippen molar-refractivity contribution in [3.05, 3.63) is 38.3 Å². The van der Waals surface area contributed by atoms with Crippen LogP contribution in [-0.4, -0.2) is 34.2 Å². The largest absolute Gasteiger partial charge is 0.491 e. The maximum atomic E-state index is 12.6. The van der Waals surface area contributed by atoms with E-state index < -0.39 is 0 Å². The molecule has 0 aliphatic carbocycles. The van der Waals surface area contributed by atoms with Gasteiger partial charge in [-0.25, -0.2) is 0 Å². The first kappa shape index (κ1) is 15.4. The first-order valence-electron chi connectivity index (χ1n) is 7.08. The highest BCUT2D eigenvalue weighted by Crippen LogP contribution is 2.28. The van der Waals surface area contributed by atoms with Crippen molar-refractivity contribution in [2.75, 3.05) is 13.2 Å². The third-order valence-electron chi connectivity index (χ3n) is 3.41. The first-order chi connectivity index (χ1) is 10.5. The zero-order valence-corrected chi connectivity index (χ0v) is 14.8. The number of ether oxygens (including phenoxy) is 1. The number of hydrogen-bond donors (Lipinski definition) is 0. The third-order valence-corrected chi connectivity index (χ3v) is 5.11. The molecule has 0 N–H and O–H groups in total. The number of carbonyl (C=O) groups is 1. The van der Waals surface area contributed by atoms with Crippen LogP contribution in [0, 0.1) is 0 Å². The van der Waals surface area contributed by atoms with E-state index in [4.69, 9.17) is 4.74 Å². The second-order valence-corrected chi connectivity index (χ2v) is 7.35. The summed E-state index contributed by atoms with van der Waals surface area (Å²) < 4.78 is 6.69. The zero-order chi connectivity index (χ0) is 15.7. The molecule has 2 heterocycles. The molecule has 22 heavy (non-hydrogen) atoms. The summed E-state index contributed by atoms with van der Waals surface area (Å²) in [6.45, 7) is 5.63. The number of hydrogen-bond acceptors (Lipinski definition) is 5. The van der Waals surface area contributed by atoms with Gasteiger partial charge in [-0.1, -0.05) is 41.1 Å². The Bertz CT molecular complexity index is 702. The average Bonchev–Trinajstić information content (AvgIpc) is 2.88. The highest BCUT2D eigenvalue weighted by Gasteiger charge is 2.24. The lowest BCUT2D eigenvalue weighted by Crippen LogP contribution is -2.32. The minimum Gasteiger partial charge on any atom is -0.491 e. The molecule has 0 unspecified atom stereocenters. The van der Waals surface area contributed by atoms with Gasteiger partial charge in [-0.3, -0.25) is 4.79 Å². The lowest BCUT2D eigenvalue weighted by molar-refractivity contribution is 0.0732. The summed E-state index contributed by atoms with van der Waals surface area (Å²) >= 11 is 4.83. The van der Waals surface area contributed by atoms with Gasteiger partial charge in [-0.2, -0.15) is 0 Å². The van der Waals surface area contributed by atoms with E-state index in [1.807, 2.05) is 32.0 Å². The van der Waals surface area contributed by atoms with Crippen LogP contribution in [0.2, 0.25) is 0 Å². The van der Waals surface area contributed by atoms with Gasteiger partial charge in [0.25, 0.3) is 5.91 Å². The quantitative estimate of drug-likeness (QED) is 0.798. The van der Waals surface area contributed by atoms with Crippen LogP contribution in [0.15, 0.2) is 22.7 Å². The molecule has 0 fully saturated rings. The fourth-order valence-electron chi connectivity index (χ4n) is 2.23. The highest BCUT2D eigenvalue weighted by atomic mass is 79.9. The van der Waals surface area contributed by atoms with Gasteiger partial charge in [-0.05, 0) is 18.2 Å². The Labute approximate surface area is 141 Å². The van der Waals surface area contributed by atoms with Gasteiger partial charge in [0.05, 0.1) is 6.54 Å². The predicted octanol–water partition coefficient (Wildman–Crippen LogP) is 3.46. The summed E-state index contributed by atoms with van der Waals surface area (Å²) in [6, 6.07) is 5.85. The molecule has 1 aliphatic rings. The molecule has 1 aromatic heterocycles. The molecule has 0 saturated heterocycles. The van der Waals surface area contributed by atoms with E-state index in [9.17, 15) is 4.79 Å². The van der Waals surface area contributed by atoms with Crippen LogP contribution in [0.25, 0.3) is 0 Å². The van der Waals surface area contributed by atoms with Crippen molar-refractivity contribution in [3.63, 3.8) is 0 Å². The minimum absolute atomic E-state index is 0.0826. The molecule has 0 spiro atoms. The molecule has 0 bridgehead atoms. The fraction of sp³-hybridized carbons (Fsp3) is 0.400. The zero-order valence-electron chi connectivity index (χ0n) is 12.4. The molecular formula is C15H16BrN3O2S. The fourth-order valence-corrected chi connectivity index (χ4v) is 3.45. The van der Waals surface area contributed by atoms with E-state index in [-0.39, 0.29) is 11.8 Å². The molecule has 1 amide bonds. The molecule has 2 aromatic rings. The van der Waals surface area contributed by atoms with Gasteiger partial charge < -0.3 is 9.64 Å². The number of nitrogens with zero attached hydrogens (tertiary/aromatic N) is 3. The maximum Gasteiger partial charge on any atom is 0.285 e. The smallest absolute Gasteiger partial charge is 0.285 e. The van der Waals surface area contributed by atoms with Crippen molar-refractivity contribution < 1.29 is 9.53 Å². The maximum absolute atomic E-state index is 12.6. The number of aromatic nitrogens is 2. The van der Waals surface area contributed by atoms with E-state index >= 15 is 0 Å². The lowest BCUT2D eigenvalue weighted by Gasteiger charge is -2.18. The molecule has 1 aliphatic heterocycles. The Morgan fingerprint density at radius 2 is 2.23 bits per heavy atom. The standard InChI is InChI=1S/C15H16BrN3O2S/c1-9(2)13-17-18-14(22-13)15(20)19-5-6-21-12-4-3-11(16)7-10(12)8-19/h3-4,7,9H,5-6,8H2,1-2H3. The Morgan fingerprint density at radius 3 is 2.95 bits per heavy atom. The van der Waals surface area contributed by atoms with E-state index in [2.05, 4.69) is 26.1 Å². The van der Waals surface area contributed by atoms with Crippen molar-refractivity contribution in [1.29, 1.82) is 0 Å². The molecule has 1 aromatic carbocycles. The molecule has 5 nitrogen and oxygen atoms in total. The van der Waals surface area contributed by atoms with Crippen LogP contribution >= 0.6 is 27.3 Å². The summed E-state index contributed by atoms with van der Waals surface area (Å²) in [5.74, 6) is 1.03. The number of amides is 1. The summed E-state index contributed by atoms with van der Waals surface area (Å²) in [7, 11) is 0. The topological polar surface area (TPSA) is 55.3 Å². The van der Waals surface area contributed by atoms with Crippen LogP contribution in [-0.2, 0) is 6.54 Å². The van der Waals surface area contributed by atoms with Crippen LogP contribution in [0.4, 0.5) is 0 Å².